The summed E-state index contributed by atoms with van der Waals surface area (Å²) in [7, 11) is 0. The van der Waals surface area contributed by atoms with E-state index in [9.17, 15) is 9.59 Å². The standard InChI is InChI=1S/C11H12O4/c1-7(2)6-10(13)15-11-8(3)14-5-4-9(11)12/h4-6H,1-3H3. The highest BCUT2D eigenvalue weighted by Crippen LogP contribution is 2.11. The van der Waals surface area contributed by atoms with Gasteiger partial charge in [0, 0.05) is 12.1 Å². The second-order valence-corrected chi connectivity index (χ2v) is 3.31. The van der Waals surface area contributed by atoms with Crippen molar-refractivity contribution in [2.24, 2.45) is 0 Å². The maximum absolute atomic E-state index is 11.3. The highest BCUT2D eigenvalue weighted by molar-refractivity contribution is 5.84. The highest BCUT2D eigenvalue weighted by Gasteiger charge is 2.09. The average Bonchev–Trinajstić information content (AvgIpc) is 2.10. The van der Waals surface area contributed by atoms with Gasteiger partial charge in [0.2, 0.25) is 11.2 Å². The van der Waals surface area contributed by atoms with Crippen molar-refractivity contribution in [2.75, 3.05) is 0 Å². The smallest absolute Gasteiger partial charge is 0.336 e. The first-order chi connectivity index (χ1) is 7.00. The van der Waals surface area contributed by atoms with Crippen LogP contribution < -0.4 is 10.2 Å². The van der Waals surface area contributed by atoms with E-state index in [-0.39, 0.29) is 16.9 Å². The number of carbonyl (C=O) groups is 1. The molecule has 1 aromatic heterocycles. The molecule has 0 saturated carbocycles. The minimum absolute atomic E-state index is 0.0556. The summed E-state index contributed by atoms with van der Waals surface area (Å²) in [5.74, 6) is -0.338. The Morgan fingerprint density at radius 2 is 2.13 bits per heavy atom. The van der Waals surface area contributed by atoms with Crippen LogP contribution in [0.15, 0.2) is 33.2 Å². The third kappa shape index (κ3) is 3.09. The van der Waals surface area contributed by atoms with E-state index in [0.717, 1.165) is 5.57 Å². The Morgan fingerprint density at radius 3 is 2.67 bits per heavy atom. The number of ether oxygens (including phenoxy) is 1. The molecule has 0 bridgehead atoms. The molecule has 0 aliphatic carbocycles. The van der Waals surface area contributed by atoms with E-state index in [1.807, 2.05) is 0 Å². The molecule has 1 heterocycles. The lowest BCUT2D eigenvalue weighted by Crippen LogP contribution is -2.13. The van der Waals surface area contributed by atoms with Gasteiger partial charge in [-0.3, -0.25) is 4.79 Å². The molecule has 0 fully saturated rings. The van der Waals surface area contributed by atoms with E-state index >= 15 is 0 Å². The molecule has 0 unspecified atom stereocenters. The molecule has 0 N–H and O–H groups in total. The Bertz CT molecular complexity index is 450. The van der Waals surface area contributed by atoms with E-state index in [4.69, 9.17) is 9.15 Å². The van der Waals surface area contributed by atoms with E-state index in [1.54, 1.807) is 20.8 Å². The third-order valence-corrected chi connectivity index (χ3v) is 1.62. The Balaban J connectivity index is 2.95. The average molecular weight is 208 g/mol. The van der Waals surface area contributed by atoms with Crippen molar-refractivity contribution in [1.29, 1.82) is 0 Å². The Morgan fingerprint density at radius 1 is 1.47 bits per heavy atom. The van der Waals surface area contributed by atoms with Crippen molar-refractivity contribution in [2.45, 2.75) is 20.8 Å². The molecule has 0 spiro atoms. The lowest BCUT2D eigenvalue weighted by atomic mass is 10.3. The molecule has 0 atom stereocenters. The quantitative estimate of drug-likeness (QED) is 0.549. The lowest BCUT2D eigenvalue weighted by molar-refractivity contribution is -0.129. The normalized spacial score (nSPS) is 9.53. The minimum atomic E-state index is -0.573. The van der Waals surface area contributed by atoms with Gasteiger partial charge in [0.15, 0.2) is 0 Å². The zero-order valence-corrected chi connectivity index (χ0v) is 8.87. The summed E-state index contributed by atoms with van der Waals surface area (Å²) in [4.78, 5) is 22.6. The van der Waals surface area contributed by atoms with Gasteiger partial charge >= 0.3 is 5.97 Å². The van der Waals surface area contributed by atoms with Crippen molar-refractivity contribution in [3.8, 4) is 5.75 Å². The largest absolute Gasteiger partial charge is 0.465 e. The van der Waals surface area contributed by atoms with Crippen LogP contribution in [0.3, 0.4) is 0 Å². The molecule has 4 heteroatoms. The zero-order valence-electron chi connectivity index (χ0n) is 8.87. The first kappa shape index (κ1) is 11.2. The molecule has 0 aliphatic heterocycles. The molecule has 15 heavy (non-hydrogen) atoms. The molecular weight excluding hydrogens is 196 g/mol. The van der Waals surface area contributed by atoms with Gasteiger partial charge in [0.05, 0.1) is 6.26 Å². The van der Waals surface area contributed by atoms with Crippen LogP contribution >= 0.6 is 0 Å². The van der Waals surface area contributed by atoms with Crippen LogP contribution in [0.25, 0.3) is 0 Å². The van der Waals surface area contributed by atoms with Gasteiger partial charge in [0.25, 0.3) is 0 Å². The molecule has 0 aromatic carbocycles. The number of rotatable bonds is 2. The monoisotopic (exact) mass is 208 g/mol. The predicted molar refractivity (Wildman–Crippen MR) is 54.8 cm³/mol. The first-order valence-corrected chi connectivity index (χ1v) is 4.46. The van der Waals surface area contributed by atoms with Gasteiger partial charge in [-0.2, -0.15) is 0 Å². The van der Waals surface area contributed by atoms with Crippen molar-refractivity contribution >= 4 is 5.97 Å². The number of carbonyl (C=O) groups excluding carboxylic acids is 1. The van der Waals surface area contributed by atoms with E-state index in [2.05, 4.69) is 0 Å². The lowest BCUT2D eigenvalue weighted by Gasteiger charge is -2.02. The van der Waals surface area contributed by atoms with Crippen molar-refractivity contribution < 1.29 is 13.9 Å². The van der Waals surface area contributed by atoms with Crippen molar-refractivity contribution in [3.63, 3.8) is 0 Å². The van der Waals surface area contributed by atoms with E-state index < -0.39 is 5.97 Å². The topological polar surface area (TPSA) is 56.5 Å². The molecule has 0 radical (unpaired) electrons. The van der Waals surface area contributed by atoms with Crippen LogP contribution in [0, 0.1) is 6.92 Å². The second-order valence-electron chi connectivity index (χ2n) is 3.31. The highest BCUT2D eigenvalue weighted by atomic mass is 16.5. The Labute approximate surface area is 87.2 Å². The van der Waals surface area contributed by atoms with E-state index in [1.165, 1.54) is 18.4 Å². The predicted octanol–water partition coefficient (Wildman–Crippen LogP) is 1.82. The summed E-state index contributed by atoms with van der Waals surface area (Å²) in [6.45, 7) is 5.09. The van der Waals surface area contributed by atoms with Crippen LogP contribution in [0.5, 0.6) is 5.75 Å². The summed E-state index contributed by atoms with van der Waals surface area (Å²) in [5, 5.41) is 0. The van der Waals surface area contributed by atoms with Gasteiger partial charge < -0.3 is 9.15 Å². The number of esters is 1. The number of hydrogen-bond donors (Lipinski definition) is 0. The second kappa shape index (κ2) is 4.59. The number of hydrogen-bond acceptors (Lipinski definition) is 4. The SMILES string of the molecule is CC(C)=CC(=O)Oc1c(C)occc1=O. The molecule has 1 rings (SSSR count). The number of allylic oxidation sites excluding steroid dienone is 1. The third-order valence-electron chi connectivity index (χ3n) is 1.62. The van der Waals surface area contributed by atoms with E-state index in [0.29, 0.717) is 0 Å². The van der Waals surface area contributed by atoms with Gasteiger partial charge in [-0.1, -0.05) is 5.57 Å². The van der Waals surface area contributed by atoms with Crippen LogP contribution in [0.1, 0.15) is 19.6 Å². The zero-order chi connectivity index (χ0) is 11.4. The van der Waals surface area contributed by atoms with Crippen LogP contribution in [-0.2, 0) is 4.79 Å². The molecule has 4 nitrogen and oxygen atoms in total. The summed E-state index contributed by atoms with van der Waals surface area (Å²) in [5.41, 5.74) is 0.437. The van der Waals surface area contributed by atoms with Crippen LogP contribution in [-0.4, -0.2) is 5.97 Å². The van der Waals surface area contributed by atoms with Crippen LogP contribution in [0.2, 0.25) is 0 Å². The molecule has 1 aromatic rings. The summed E-state index contributed by atoms with van der Waals surface area (Å²) in [6, 6.07) is 1.21. The Kier molecular flexibility index (Phi) is 3.44. The fourth-order valence-electron chi connectivity index (χ4n) is 0.989. The molecule has 0 amide bonds. The molecular formula is C11H12O4. The van der Waals surface area contributed by atoms with Gasteiger partial charge in [-0.25, -0.2) is 4.79 Å². The molecule has 0 aliphatic rings. The fourth-order valence-corrected chi connectivity index (χ4v) is 0.989. The maximum atomic E-state index is 11.3. The van der Waals surface area contributed by atoms with Crippen LogP contribution in [0.4, 0.5) is 0 Å². The number of aryl methyl sites for hydroxylation is 1. The van der Waals surface area contributed by atoms with Gasteiger partial charge in [-0.15, -0.1) is 0 Å². The minimum Gasteiger partial charge on any atom is -0.465 e. The Hall–Kier alpha value is -1.84. The van der Waals surface area contributed by atoms with Crippen molar-refractivity contribution in [1.82, 2.24) is 0 Å². The van der Waals surface area contributed by atoms with Crippen molar-refractivity contribution in [3.05, 3.63) is 40.0 Å². The first-order valence-electron chi connectivity index (χ1n) is 4.46. The fraction of sp³-hybridized carbons (Fsp3) is 0.273. The summed E-state index contributed by atoms with van der Waals surface area (Å²) in [6.07, 6.45) is 2.57. The maximum Gasteiger partial charge on any atom is 0.336 e. The summed E-state index contributed by atoms with van der Waals surface area (Å²) >= 11 is 0. The summed E-state index contributed by atoms with van der Waals surface area (Å²) < 4.78 is 9.81. The molecule has 80 valence electrons. The van der Waals surface area contributed by atoms with Gasteiger partial charge in [0.1, 0.15) is 5.76 Å². The van der Waals surface area contributed by atoms with Gasteiger partial charge in [-0.05, 0) is 20.8 Å². The molecule has 0 saturated heterocycles.